The molecule has 0 saturated heterocycles. The largest absolute Gasteiger partial charge is 0.485 e. The number of carbonyl (C=O) groups is 1. The van der Waals surface area contributed by atoms with Gasteiger partial charge in [0.25, 0.3) is 0 Å². The molecule has 1 amide bonds. The zero-order chi connectivity index (χ0) is 16.5. The van der Waals surface area contributed by atoms with E-state index in [0.717, 1.165) is 48.0 Å². The predicted octanol–water partition coefficient (Wildman–Crippen LogP) is 3.27. The standard InChI is InChI=1S/C17H23N3O2S/c1-3-4-5-8-18-16(21)9-14-12-23-17(20-14)11-22-15-7-6-13(2)19-10-15/h6-7,10,12H,3-5,8-9,11H2,1-2H3,(H,18,21). The van der Waals surface area contributed by atoms with Gasteiger partial charge in [-0.1, -0.05) is 19.8 Å². The second-order valence-electron chi connectivity index (χ2n) is 5.39. The average Bonchev–Trinajstić information content (AvgIpc) is 2.98. The van der Waals surface area contributed by atoms with E-state index in [9.17, 15) is 4.79 Å². The molecule has 0 aromatic carbocycles. The quantitative estimate of drug-likeness (QED) is 0.715. The Morgan fingerprint density at radius 3 is 2.96 bits per heavy atom. The number of nitrogens with zero attached hydrogens (tertiary/aromatic N) is 2. The number of pyridine rings is 1. The zero-order valence-electron chi connectivity index (χ0n) is 13.7. The molecule has 23 heavy (non-hydrogen) atoms. The number of carbonyl (C=O) groups excluding carboxylic acids is 1. The number of ether oxygens (including phenoxy) is 1. The third-order valence-corrected chi connectivity index (χ3v) is 4.16. The van der Waals surface area contributed by atoms with Gasteiger partial charge in [-0.2, -0.15) is 0 Å². The summed E-state index contributed by atoms with van der Waals surface area (Å²) in [7, 11) is 0. The molecule has 0 aliphatic heterocycles. The molecule has 2 aromatic heterocycles. The lowest BCUT2D eigenvalue weighted by molar-refractivity contribution is -0.120. The normalized spacial score (nSPS) is 10.5. The highest BCUT2D eigenvalue weighted by atomic mass is 32.1. The maximum absolute atomic E-state index is 11.8. The van der Waals surface area contributed by atoms with Crippen LogP contribution in [0.1, 0.15) is 42.6 Å². The van der Waals surface area contributed by atoms with E-state index in [-0.39, 0.29) is 5.91 Å². The topological polar surface area (TPSA) is 64.1 Å². The van der Waals surface area contributed by atoms with Crippen molar-refractivity contribution in [1.29, 1.82) is 0 Å². The minimum absolute atomic E-state index is 0.0293. The Hall–Kier alpha value is -1.95. The fourth-order valence-corrected chi connectivity index (χ4v) is 2.72. The summed E-state index contributed by atoms with van der Waals surface area (Å²) in [6, 6.07) is 3.80. The van der Waals surface area contributed by atoms with Crippen molar-refractivity contribution >= 4 is 17.2 Å². The fraction of sp³-hybridized carbons (Fsp3) is 0.471. The first-order valence-electron chi connectivity index (χ1n) is 7.93. The molecule has 2 rings (SSSR count). The smallest absolute Gasteiger partial charge is 0.226 e. The number of hydrogen-bond donors (Lipinski definition) is 1. The first kappa shape index (κ1) is 17.4. The number of aryl methyl sites for hydroxylation is 1. The number of thiazole rings is 1. The SMILES string of the molecule is CCCCCNC(=O)Cc1csc(COc2ccc(C)nc2)n1. The minimum atomic E-state index is 0.0293. The van der Waals surface area contributed by atoms with E-state index < -0.39 is 0 Å². The lowest BCUT2D eigenvalue weighted by atomic mass is 10.2. The lowest BCUT2D eigenvalue weighted by Gasteiger charge is -2.04. The molecule has 0 radical (unpaired) electrons. The first-order valence-corrected chi connectivity index (χ1v) is 8.80. The molecular weight excluding hydrogens is 310 g/mol. The number of hydrogen-bond acceptors (Lipinski definition) is 5. The van der Waals surface area contributed by atoms with Crippen LogP contribution in [-0.4, -0.2) is 22.4 Å². The zero-order valence-corrected chi connectivity index (χ0v) is 14.5. The Bertz CT molecular complexity index is 611. The molecular formula is C17H23N3O2S. The summed E-state index contributed by atoms with van der Waals surface area (Å²) in [6.07, 6.45) is 5.36. The summed E-state index contributed by atoms with van der Waals surface area (Å²) >= 11 is 1.51. The summed E-state index contributed by atoms with van der Waals surface area (Å²) in [6.45, 7) is 5.22. The number of rotatable bonds is 9. The van der Waals surface area contributed by atoms with Crippen molar-refractivity contribution in [2.24, 2.45) is 0 Å². The second kappa shape index (κ2) is 9.25. The molecule has 1 N–H and O–H groups in total. The molecule has 0 aliphatic carbocycles. The van der Waals surface area contributed by atoms with Crippen molar-refractivity contribution in [3.63, 3.8) is 0 Å². The number of amides is 1. The van der Waals surface area contributed by atoms with Crippen molar-refractivity contribution in [3.8, 4) is 5.75 Å². The molecule has 5 nitrogen and oxygen atoms in total. The van der Waals surface area contributed by atoms with Crippen LogP contribution in [0.15, 0.2) is 23.7 Å². The van der Waals surface area contributed by atoms with Gasteiger partial charge < -0.3 is 10.1 Å². The van der Waals surface area contributed by atoms with E-state index in [4.69, 9.17) is 4.74 Å². The van der Waals surface area contributed by atoms with Crippen LogP contribution in [0.2, 0.25) is 0 Å². The molecule has 0 atom stereocenters. The van der Waals surface area contributed by atoms with E-state index in [0.29, 0.717) is 13.0 Å². The average molecular weight is 333 g/mol. The van der Waals surface area contributed by atoms with E-state index in [1.165, 1.54) is 11.3 Å². The van der Waals surface area contributed by atoms with E-state index in [1.807, 2.05) is 24.4 Å². The van der Waals surface area contributed by atoms with Gasteiger partial charge in [-0.3, -0.25) is 9.78 Å². The van der Waals surface area contributed by atoms with Crippen LogP contribution in [0, 0.1) is 6.92 Å². The molecule has 6 heteroatoms. The van der Waals surface area contributed by atoms with Crippen LogP contribution in [0.5, 0.6) is 5.75 Å². The number of unbranched alkanes of at least 4 members (excludes halogenated alkanes) is 2. The van der Waals surface area contributed by atoms with Crippen LogP contribution in [0.25, 0.3) is 0 Å². The van der Waals surface area contributed by atoms with Gasteiger partial charge >= 0.3 is 0 Å². The first-order chi connectivity index (χ1) is 11.2. The Morgan fingerprint density at radius 1 is 1.35 bits per heavy atom. The molecule has 0 spiro atoms. The third kappa shape index (κ3) is 6.36. The van der Waals surface area contributed by atoms with Gasteiger partial charge in [-0.25, -0.2) is 4.98 Å². The molecule has 0 bridgehead atoms. The van der Waals surface area contributed by atoms with Crippen LogP contribution in [0.3, 0.4) is 0 Å². The van der Waals surface area contributed by atoms with Gasteiger partial charge in [-0.05, 0) is 25.5 Å². The van der Waals surface area contributed by atoms with Crippen molar-refractivity contribution in [2.75, 3.05) is 6.54 Å². The van der Waals surface area contributed by atoms with Crippen molar-refractivity contribution in [3.05, 3.63) is 40.1 Å². The van der Waals surface area contributed by atoms with E-state index in [1.54, 1.807) is 6.20 Å². The number of aromatic nitrogens is 2. The van der Waals surface area contributed by atoms with Crippen molar-refractivity contribution in [2.45, 2.75) is 46.1 Å². The minimum Gasteiger partial charge on any atom is -0.485 e. The van der Waals surface area contributed by atoms with Crippen LogP contribution >= 0.6 is 11.3 Å². The second-order valence-corrected chi connectivity index (χ2v) is 6.33. The highest BCUT2D eigenvalue weighted by molar-refractivity contribution is 7.09. The van der Waals surface area contributed by atoms with Crippen LogP contribution in [-0.2, 0) is 17.8 Å². The van der Waals surface area contributed by atoms with E-state index >= 15 is 0 Å². The van der Waals surface area contributed by atoms with Gasteiger partial charge in [0.2, 0.25) is 5.91 Å². The van der Waals surface area contributed by atoms with Gasteiger partial charge in [0.15, 0.2) is 0 Å². The van der Waals surface area contributed by atoms with Crippen molar-refractivity contribution in [1.82, 2.24) is 15.3 Å². The summed E-state index contributed by atoms with van der Waals surface area (Å²) in [4.78, 5) is 20.4. The predicted molar refractivity (Wildman–Crippen MR) is 91.7 cm³/mol. The van der Waals surface area contributed by atoms with Crippen LogP contribution in [0.4, 0.5) is 0 Å². The fourth-order valence-electron chi connectivity index (χ4n) is 2.01. The summed E-state index contributed by atoms with van der Waals surface area (Å²) < 4.78 is 5.64. The van der Waals surface area contributed by atoms with Crippen molar-refractivity contribution < 1.29 is 9.53 Å². The van der Waals surface area contributed by atoms with Gasteiger partial charge in [0.05, 0.1) is 18.3 Å². The molecule has 2 heterocycles. The Balaban J connectivity index is 1.74. The Morgan fingerprint density at radius 2 is 2.22 bits per heavy atom. The summed E-state index contributed by atoms with van der Waals surface area (Å²) in [5.74, 6) is 0.752. The van der Waals surface area contributed by atoms with Gasteiger partial charge in [0.1, 0.15) is 17.4 Å². The van der Waals surface area contributed by atoms with Gasteiger partial charge in [-0.15, -0.1) is 11.3 Å². The summed E-state index contributed by atoms with van der Waals surface area (Å²) in [5, 5.41) is 5.70. The highest BCUT2D eigenvalue weighted by Gasteiger charge is 2.08. The molecule has 124 valence electrons. The summed E-state index contributed by atoms with van der Waals surface area (Å²) in [5.41, 5.74) is 1.75. The van der Waals surface area contributed by atoms with Crippen LogP contribution < -0.4 is 10.1 Å². The number of nitrogens with one attached hydrogen (secondary N) is 1. The molecule has 0 saturated carbocycles. The molecule has 0 aliphatic rings. The maximum atomic E-state index is 11.8. The highest BCUT2D eigenvalue weighted by Crippen LogP contribution is 2.15. The molecule has 0 fully saturated rings. The monoisotopic (exact) mass is 333 g/mol. The molecule has 2 aromatic rings. The third-order valence-electron chi connectivity index (χ3n) is 3.29. The van der Waals surface area contributed by atoms with E-state index in [2.05, 4.69) is 22.2 Å². The molecule has 0 unspecified atom stereocenters. The maximum Gasteiger partial charge on any atom is 0.226 e. The Kier molecular flexibility index (Phi) is 7.00. The Labute approximate surface area is 141 Å². The lowest BCUT2D eigenvalue weighted by Crippen LogP contribution is -2.26. The van der Waals surface area contributed by atoms with Gasteiger partial charge in [0, 0.05) is 17.6 Å².